The highest BCUT2D eigenvalue weighted by Crippen LogP contribution is 2.25. The normalized spacial score (nSPS) is 11.4. The number of amides is 1. The highest BCUT2D eigenvalue weighted by Gasteiger charge is 2.12. The number of hydrogen-bond donors (Lipinski definition) is 0. The lowest BCUT2D eigenvalue weighted by molar-refractivity contribution is 0.0998. The summed E-state index contributed by atoms with van der Waals surface area (Å²) in [4.78, 5) is 17.8. The van der Waals surface area contributed by atoms with Crippen LogP contribution in [0.1, 0.15) is 35.7 Å². The molecule has 152 valence electrons. The summed E-state index contributed by atoms with van der Waals surface area (Å²) in [5.41, 5.74) is 5.00. The molecule has 30 heavy (non-hydrogen) atoms. The molecular formula is C25H23BrN2OS. The fraction of sp³-hybridized carbons (Fsp3) is 0.120. The van der Waals surface area contributed by atoms with Crippen molar-refractivity contribution in [3.63, 3.8) is 0 Å². The summed E-state index contributed by atoms with van der Waals surface area (Å²) in [6.07, 6.45) is 0. The summed E-state index contributed by atoms with van der Waals surface area (Å²) in [5, 5.41) is 2.06. The van der Waals surface area contributed by atoms with Crippen LogP contribution in [0.3, 0.4) is 0 Å². The first-order valence-corrected chi connectivity index (χ1v) is 10.5. The molecule has 1 aromatic heterocycles. The number of hydrogen-bond acceptors (Lipinski definition) is 2. The van der Waals surface area contributed by atoms with Crippen LogP contribution in [0.25, 0.3) is 16.9 Å². The van der Waals surface area contributed by atoms with Crippen molar-refractivity contribution in [2.75, 3.05) is 0 Å². The number of nitrogens with zero attached hydrogens (tertiary/aromatic N) is 2. The average Bonchev–Trinajstić information content (AvgIpc) is 3.18. The van der Waals surface area contributed by atoms with Crippen LogP contribution < -0.4 is 4.80 Å². The first-order valence-electron chi connectivity index (χ1n) is 9.64. The first kappa shape index (κ1) is 21.9. The lowest BCUT2D eigenvalue weighted by Crippen LogP contribution is -2.16. The van der Waals surface area contributed by atoms with Gasteiger partial charge in [0.05, 0.1) is 5.69 Å². The Hall–Kier alpha value is -2.76. The molecule has 0 bridgehead atoms. The van der Waals surface area contributed by atoms with Gasteiger partial charge in [0.1, 0.15) is 0 Å². The minimum absolute atomic E-state index is 0. The van der Waals surface area contributed by atoms with Gasteiger partial charge in [-0.1, -0.05) is 74.5 Å². The molecular weight excluding hydrogens is 456 g/mol. The van der Waals surface area contributed by atoms with Gasteiger partial charge in [-0.25, -0.2) is 0 Å². The minimum Gasteiger partial charge on any atom is -0.285 e. The number of carbonyl (C=O) groups excluding carboxylic acids is 1. The molecule has 3 nitrogen and oxygen atoms in total. The molecule has 0 aliphatic rings. The molecule has 0 fully saturated rings. The Morgan fingerprint density at radius 3 is 2.07 bits per heavy atom. The topological polar surface area (TPSA) is 34.4 Å². The van der Waals surface area contributed by atoms with Crippen LogP contribution >= 0.6 is 28.3 Å². The smallest absolute Gasteiger partial charge is 0.279 e. The van der Waals surface area contributed by atoms with Crippen LogP contribution in [0.5, 0.6) is 0 Å². The van der Waals surface area contributed by atoms with E-state index in [9.17, 15) is 4.79 Å². The molecule has 1 heterocycles. The molecule has 0 aliphatic carbocycles. The van der Waals surface area contributed by atoms with E-state index in [-0.39, 0.29) is 22.9 Å². The largest absolute Gasteiger partial charge is 0.285 e. The Bertz CT molecular complexity index is 1180. The molecule has 0 N–H and O–H groups in total. The second-order valence-electron chi connectivity index (χ2n) is 7.13. The second kappa shape index (κ2) is 9.83. The summed E-state index contributed by atoms with van der Waals surface area (Å²) in [5.74, 6) is 0.251. The minimum atomic E-state index is -0.237. The molecule has 0 unspecified atom stereocenters. The van der Waals surface area contributed by atoms with Crippen LogP contribution in [0, 0.1) is 0 Å². The zero-order chi connectivity index (χ0) is 20.2. The highest BCUT2D eigenvalue weighted by atomic mass is 79.9. The lowest BCUT2D eigenvalue weighted by atomic mass is 10.0. The number of halogens is 1. The summed E-state index contributed by atoms with van der Waals surface area (Å²) < 4.78 is 2.05. The molecule has 0 aliphatic heterocycles. The van der Waals surface area contributed by atoms with Gasteiger partial charge in [0, 0.05) is 16.6 Å². The lowest BCUT2D eigenvalue weighted by Gasteiger charge is -2.11. The van der Waals surface area contributed by atoms with Crippen LogP contribution in [-0.2, 0) is 0 Å². The summed E-state index contributed by atoms with van der Waals surface area (Å²) in [6, 6.07) is 27.8. The quantitative estimate of drug-likeness (QED) is 0.323. The second-order valence-corrected chi connectivity index (χ2v) is 7.97. The first-order chi connectivity index (χ1) is 14.1. The van der Waals surface area contributed by atoms with Gasteiger partial charge in [0.15, 0.2) is 4.80 Å². The SMILES string of the molecule is Br.CC(C)c1ccc(-c2csc(=NC(=O)c3ccccc3)n2-c2ccccc2)cc1. The van der Waals surface area contributed by atoms with Crippen molar-refractivity contribution in [3.8, 4) is 16.9 Å². The van der Waals surface area contributed by atoms with Crippen molar-refractivity contribution >= 4 is 34.2 Å². The number of para-hydroxylation sites is 1. The van der Waals surface area contributed by atoms with Crippen molar-refractivity contribution in [1.29, 1.82) is 0 Å². The van der Waals surface area contributed by atoms with Crippen molar-refractivity contribution in [1.82, 2.24) is 4.57 Å². The van der Waals surface area contributed by atoms with E-state index in [1.54, 1.807) is 12.1 Å². The molecule has 0 atom stereocenters. The molecule has 0 radical (unpaired) electrons. The Balaban J connectivity index is 0.00000256. The predicted octanol–water partition coefficient (Wildman–Crippen LogP) is 6.65. The maximum absolute atomic E-state index is 12.7. The fourth-order valence-corrected chi connectivity index (χ4v) is 4.09. The van der Waals surface area contributed by atoms with Crippen molar-refractivity contribution in [2.24, 2.45) is 4.99 Å². The van der Waals surface area contributed by atoms with Gasteiger partial charge in [0.25, 0.3) is 5.91 Å². The Kier molecular flexibility index (Phi) is 7.19. The van der Waals surface area contributed by atoms with Crippen LogP contribution in [0.2, 0.25) is 0 Å². The molecule has 4 rings (SSSR count). The molecule has 3 aromatic carbocycles. The maximum atomic E-state index is 12.7. The Morgan fingerprint density at radius 2 is 1.47 bits per heavy atom. The molecule has 4 aromatic rings. The van der Waals surface area contributed by atoms with Gasteiger partial charge in [-0.05, 0) is 41.3 Å². The third-order valence-corrected chi connectivity index (χ3v) is 5.64. The van der Waals surface area contributed by atoms with Gasteiger partial charge in [-0.3, -0.25) is 9.36 Å². The Morgan fingerprint density at radius 1 is 0.867 bits per heavy atom. The van der Waals surface area contributed by atoms with Gasteiger partial charge in [-0.2, -0.15) is 4.99 Å². The van der Waals surface area contributed by atoms with Gasteiger partial charge in [0.2, 0.25) is 0 Å². The summed E-state index contributed by atoms with van der Waals surface area (Å²) in [7, 11) is 0. The molecule has 0 saturated carbocycles. The summed E-state index contributed by atoms with van der Waals surface area (Å²) >= 11 is 1.47. The Labute approximate surface area is 191 Å². The van der Waals surface area contributed by atoms with E-state index in [0.717, 1.165) is 16.9 Å². The fourth-order valence-electron chi connectivity index (χ4n) is 3.19. The number of benzene rings is 3. The van der Waals surface area contributed by atoms with E-state index in [4.69, 9.17) is 0 Å². The summed E-state index contributed by atoms with van der Waals surface area (Å²) in [6.45, 7) is 4.38. The van der Waals surface area contributed by atoms with E-state index >= 15 is 0 Å². The third-order valence-electron chi connectivity index (χ3n) is 4.81. The van der Waals surface area contributed by atoms with E-state index < -0.39 is 0 Å². The van der Waals surface area contributed by atoms with Crippen molar-refractivity contribution < 1.29 is 4.79 Å². The van der Waals surface area contributed by atoms with Crippen molar-refractivity contribution in [3.05, 3.63) is 106 Å². The van der Waals surface area contributed by atoms with Crippen LogP contribution in [-0.4, -0.2) is 10.5 Å². The standard InChI is InChI=1S/C25H22N2OS.BrH/c1-18(2)19-13-15-20(16-14-19)23-17-29-25(27(23)22-11-7-4-8-12-22)26-24(28)21-9-5-3-6-10-21;/h3-18H,1-2H3;1H. The van der Waals surface area contributed by atoms with E-state index in [0.29, 0.717) is 16.3 Å². The van der Waals surface area contributed by atoms with E-state index in [2.05, 4.69) is 53.1 Å². The van der Waals surface area contributed by atoms with E-state index in [1.165, 1.54) is 16.9 Å². The molecule has 0 saturated heterocycles. The number of rotatable bonds is 4. The van der Waals surface area contributed by atoms with Gasteiger partial charge < -0.3 is 0 Å². The number of thiazole rings is 1. The molecule has 1 amide bonds. The number of aromatic nitrogens is 1. The molecule has 0 spiro atoms. The van der Waals surface area contributed by atoms with E-state index in [1.807, 2.05) is 48.5 Å². The maximum Gasteiger partial charge on any atom is 0.279 e. The van der Waals surface area contributed by atoms with Gasteiger partial charge >= 0.3 is 0 Å². The van der Waals surface area contributed by atoms with Crippen molar-refractivity contribution in [2.45, 2.75) is 19.8 Å². The van der Waals surface area contributed by atoms with Gasteiger partial charge in [-0.15, -0.1) is 28.3 Å². The zero-order valence-corrected chi connectivity index (χ0v) is 19.4. The monoisotopic (exact) mass is 478 g/mol. The predicted molar refractivity (Wildman–Crippen MR) is 130 cm³/mol. The highest BCUT2D eigenvalue weighted by molar-refractivity contribution is 8.93. The molecule has 5 heteroatoms. The number of carbonyl (C=O) groups is 1. The van der Waals surface area contributed by atoms with Crippen LogP contribution in [0.4, 0.5) is 0 Å². The third kappa shape index (κ3) is 4.69. The average molecular weight is 479 g/mol. The van der Waals surface area contributed by atoms with Crippen LogP contribution in [0.15, 0.2) is 95.3 Å². The zero-order valence-electron chi connectivity index (χ0n) is 16.9.